The van der Waals surface area contributed by atoms with Crippen LogP contribution >= 0.6 is 11.6 Å². The summed E-state index contributed by atoms with van der Waals surface area (Å²) < 4.78 is 12.6. The maximum Gasteiger partial charge on any atom is 0.338 e. The minimum Gasteiger partial charge on any atom is -0.480 e. The highest BCUT2D eigenvalue weighted by molar-refractivity contribution is 6.31. The van der Waals surface area contributed by atoms with E-state index in [9.17, 15) is 19.2 Å². The molecule has 1 atom stereocenters. The summed E-state index contributed by atoms with van der Waals surface area (Å²) in [7, 11) is 7.41. The number of aromatic nitrogens is 2. The number of rotatable bonds is 12. The van der Waals surface area contributed by atoms with Crippen LogP contribution in [-0.4, -0.2) is 73.3 Å². The molecule has 1 amide bonds. The Balaban J connectivity index is 1.65. The van der Waals surface area contributed by atoms with E-state index in [-0.39, 0.29) is 30.3 Å². The maximum absolute atomic E-state index is 13.8. The predicted molar refractivity (Wildman–Crippen MR) is 173 cm³/mol. The average molecular weight is 632 g/mol. The number of hydrogen-bond acceptors (Lipinski definition) is 7. The summed E-state index contributed by atoms with van der Waals surface area (Å²) in [5.41, 5.74) is 1.99. The lowest BCUT2D eigenvalue weighted by atomic mass is 9.98. The third kappa shape index (κ3) is 8.65. The molecular formula is C34H36ClN4O6+. The second-order valence-electron chi connectivity index (χ2n) is 11.5. The Labute approximate surface area is 266 Å². The van der Waals surface area contributed by atoms with Crippen molar-refractivity contribution >= 4 is 34.9 Å². The third-order valence-electron chi connectivity index (χ3n) is 7.02. The molecule has 1 aromatic heterocycles. The molecule has 0 bridgehead atoms. The van der Waals surface area contributed by atoms with Crippen LogP contribution in [0.4, 0.5) is 5.69 Å². The van der Waals surface area contributed by atoms with Crippen LogP contribution in [-0.2, 0) is 16.0 Å². The van der Waals surface area contributed by atoms with Gasteiger partial charge in [-0.3, -0.25) is 14.4 Å². The summed E-state index contributed by atoms with van der Waals surface area (Å²) in [6, 6.07) is 20.5. The number of carbonyl (C=O) groups excluding carboxylic acids is 3. The van der Waals surface area contributed by atoms with E-state index in [4.69, 9.17) is 21.1 Å². The molecule has 4 rings (SSSR count). The highest BCUT2D eigenvalue weighted by Crippen LogP contribution is 2.32. The number of ketones is 1. The SMILES string of the molecule is COc1nn([C@@H](Cc2ccccc2)C(=O)Nc2ccc(C(=O)OCC[N+](C)(C)C)cc2)c(=O)cc1-c1cc(Cl)ccc1C(C)=O. The molecule has 0 aliphatic carbocycles. The van der Waals surface area contributed by atoms with Gasteiger partial charge >= 0.3 is 5.97 Å². The Morgan fingerprint density at radius 2 is 1.64 bits per heavy atom. The van der Waals surface area contributed by atoms with Gasteiger partial charge in [0.15, 0.2) is 5.78 Å². The molecule has 3 aromatic carbocycles. The van der Waals surface area contributed by atoms with Gasteiger partial charge in [-0.1, -0.05) is 41.9 Å². The number of anilines is 1. The number of nitrogens with zero attached hydrogens (tertiary/aromatic N) is 3. The maximum atomic E-state index is 13.8. The number of ether oxygens (including phenoxy) is 2. The van der Waals surface area contributed by atoms with Crippen molar-refractivity contribution in [3.63, 3.8) is 0 Å². The molecule has 0 radical (unpaired) electrons. The fraction of sp³-hybridized carbons (Fsp3) is 0.265. The summed E-state index contributed by atoms with van der Waals surface area (Å²) in [6.07, 6.45) is 0.147. The molecule has 0 saturated carbocycles. The lowest BCUT2D eigenvalue weighted by Gasteiger charge is -2.23. The number of quaternary nitrogens is 1. The van der Waals surface area contributed by atoms with Crippen LogP contribution < -0.4 is 15.6 Å². The van der Waals surface area contributed by atoms with Gasteiger partial charge in [0.05, 0.1) is 39.4 Å². The van der Waals surface area contributed by atoms with E-state index in [1.807, 2.05) is 51.5 Å². The average Bonchev–Trinajstić information content (AvgIpc) is 3.00. The topological polar surface area (TPSA) is 117 Å². The van der Waals surface area contributed by atoms with Crippen LogP contribution in [0.1, 0.15) is 39.2 Å². The largest absolute Gasteiger partial charge is 0.480 e. The van der Waals surface area contributed by atoms with E-state index in [1.165, 1.54) is 20.1 Å². The number of hydrogen-bond donors (Lipinski definition) is 1. The predicted octanol–water partition coefficient (Wildman–Crippen LogP) is 5.06. The minimum absolute atomic E-state index is 0.0401. The van der Waals surface area contributed by atoms with Crippen molar-refractivity contribution in [3.8, 4) is 17.0 Å². The standard InChI is InChI=1S/C34H35ClN4O6/c1-22(40)27-16-13-25(35)20-28(27)29-21-31(41)38(37-33(29)44-5)30(19-23-9-7-6-8-10-23)32(42)36-26-14-11-24(12-15-26)34(43)45-18-17-39(2,3)4/h6-16,20-21,30H,17-19H2,1-5H3/p+1/t30-/m0/s1. The van der Waals surface area contributed by atoms with E-state index < -0.39 is 23.5 Å². The second kappa shape index (κ2) is 14.3. The number of likely N-dealkylation sites (N-methyl/N-ethyl adjacent to an activating group) is 1. The third-order valence-corrected chi connectivity index (χ3v) is 7.26. The molecule has 4 aromatic rings. The van der Waals surface area contributed by atoms with Crippen LogP contribution in [0.2, 0.25) is 5.02 Å². The monoisotopic (exact) mass is 631 g/mol. The zero-order valence-corrected chi connectivity index (χ0v) is 26.6. The number of benzene rings is 3. The molecule has 45 heavy (non-hydrogen) atoms. The zero-order chi connectivity index (χ0) is 32.7. The van der Waals surface area contributed by atoms with Gasteiger partial charge in [0, 0.05) is 28.8 Å². The van der Waals surface area contributed by atoms with E-state index in [0.717, 1.165) is 10.2 Å². The number of Topliss-reactive ketones (excluding diaryl/α,β-unsaturated/α-hetero) is 1. The first-order valence-corrected chi connectivity index (χ1v) is 14.6. The molecule has 0 aliphatic heterocycles. The molecule has 1 heterocycles. The molecule has 0 saturated heterocycles. The molecule has 234 valence electrons. The number of nitrogens with one attached hydrogen (secondary N) is 1. The van der Waals surface area contributed by atoms with Crippen LogP contribution in [0.5, 0.6) is 5.88 Å². The molecule has 0 aliphatic rings. The number of amides is 1. The van der Waals surface area contributed by atoms with Gasteiger partial charge in [0.2, 0.25) is 11.8 Å². The van der Waals surface area contributed by atoms with Crippen molar-refractivity contribution in [1.29, 1.82) is 0 Å². The number of esters is 1. The quantitative estimate of drug-likeness (QED) is 0.132. The van der Waals surface area contributed by atoms with Crippen LogP contribution in [0.15, 0.2) is 83.7 Å². The van der Waals surface area contributed by atoms with Crippen LogP contribution in [0.25, 0.3) is 11.1 Å². The van der Waals surface area contributed by atoms with Gasteiger partial charge in [-0.15, -0.1) is 5.10 Å². The van der Waals surface area contributed by atoms with Gasteiger partial charge in [0.1, 0.15) is 19.2 Å². The first kappa shape index (κ1) is 33.1. The van der Waals surface area contributed by atoms with E-state index in [0.29, 0.717) is 38.4 Å². The summed E-state index contributed by atoms with van der Waals surface area (Å²) >= 11 is 6.23. The van der Waals surface area contributed by atoms with E-state index in [2.05, 4.69) is 10.4 Å². The number of halogens is 1. The summed E-state index contributed by atoms with van der Waals surface area (Å²) in [5, 5.41) is 7.65. The Morgan fingerprint density at radius 3 is 2.27 bits per heavy atom. The number of methoxy groups -OCH3 is 1. The Kier molecular flexibility index (Phi) is 10.5. The highest BCUT2D eigenvalue weighted by Gasteiger charge is 2.26. The Morgan fingerprint density at radius 1 is 0.956 bits per heavy atom. The van der Waals surface area contributed by atoms with Crippen LogP contribution in [0.3, 0.4) is 0 Å². The summed E-state index contributed by atoms with van der Waals surface area (Å²) in [5.74, 6) is -1.15. The summed E-state index contributed by atoms with van der Waals surface area (Å²) in [4.78, 5) is 52.2. The first-order valence-electron chi connectivity index (χ1n) is 14.3. The Hall–Kier alpha value is -4.80. The van der Waals surface area contributed by atoms with E-state index >= 15 is 0 Å². The first-order chi connectivity index (χ1) is 21.4. The van der Waals surface area contributed by atoms with Crippen molar-refractivity contribution in [2.45, 2.75) is 19.4 Å². The van der Waals surface area contributed by atoms with E-state index in [1.54, 1.807) is 42.5 Å². The van der Waals surface area contributed by atoms with Crippen molar-refractivity contribution in [1.82, 2.24) is 9.78 Å². The molecule has 11 heteroatoms. The highest BCUT2D eigenvalue weighted by atomic mass is 35.5. The van der Waals surface area contributed by atoms with Gasteiger partial charge in [-0.25, -0.2) is 9.48 Å². The second-order valence-corrected chi connectivity index (χ2v) is 12.0. The molecule has 0 spiro atoms. The lowest BCUT2D eigenvalue weighted by Crippen LogP contribution is -2.38. The Bertz CT molecular complexity index is 1750. The van der Waals surface area contributed by atoms with Crippen molar-refractivity contribution in [3.05, 3.63) is 111 Å². The minimum atomic E-state index is -1.07. The normalized spacial score (nSPS) is 11.9. The van der Waals surface area contributed by atoms with Crippen LogP contribution in [0, 0.1) is 0 Å². The van der Waals surface area contributed by atoms with Crippen molar-refractivity contribution in [2.24, 2.45) is 0 Å². The molecule has 0 fully saturated rings. The van der Waals surface area contributed by atoms with Gasteiger partial charge in [0.25, 0.3) is 5.56 Å². The van der Waals surface area contributed by atoms with Gasteiger partial charge in [-0.2, -0.15) is 0 Å². The molecule has 10 nitrogen and oxygen atoms in total. The van der Waals surface area contributed by atoms with Crippen molar-refractivity contribution < 1.29 is 28.3 Å². The van der Waals surface area contributed by atoms with Gasteiger partial charge in [-0.05, 0) is 60.5 Å². The zero-order valence-electron chi connectivity index (χ0n) is 25.9. The molecule has 1 N–H and O–H groups in total. The summed E-state index contributed by atoms with van der Waals surface area (Å²) in [6.45, 7) is 2.36. The lowest BCUT2D eigenvalue weighted by molar-refractivity contribution is -0.870. The molecular weight excluding hydrogens is 596 g/mol. The fourth-order valence-electron chi connectivity index (χ4n) is 4.60. The fourth-order valence-corrected chi connectivity index (χ4v) is 4.78. The van der Waals surface area contributed by atoms with Crippen molar-refractivity contribution in [2.75, 3.05) is 46.7 Å². The molecule has 0 unspecified atom stereocenters. The smallest absolute Gasteiger partial charge is 0.338 e. The van der Waals surface area contributed by atoms with Gasteiger partial charge < -0.3 is 19.3 Å². The number of carbonyl (C=O) groups is 3.